The molecular formula is C24H24O9. The van der Waals surface area contributed by atoms with Gasteiger partial charge in [0.1, 0.15) is 5.92 Å². The Morgan fingerprint density at radius 2 is 1.52 bits per heavy atom. The van der Waals surface area contributed by atoms with Crippen molar-refractivity contribution in [3.05, 3.63) is 53.1 Å². The lowest BCUT2D eigenvalue weighted by Crippen LogP contribution is -2.30. The van der Waals surface area contributed by atoms with E-state index < -0.39 is 24.0 Å². The van der Waals surface area contributed by atoms with Gasteiger partial charge in [-0.25, -0.2) is 4.79 Å². The van der Waals surface area contributed by atoms with Crippen LogP contribution in [0.15, 0.2) is 42.0 Å². The van der Waals surface area contributed by atoms with Gasteiger partial charge in [0.15, 0.2) is 23.0 Å². The highest BCUT2D eigenvalue weighted by molar-refractivity contribution is 6.00. The van der Waals surface area contributed by atoms with Gasteiger partial charge < -0.3 is 33.5 Å². The second-order valence-electron chi connectivity index (χ2n) is 7.22. The molecule has 0 aromatic heterocycles. The molecule has 174 valence electrons. The van der Waals surface area contributed by atoms with Crippen LogP contribution in [0, 0.1) is 5.92 Å². The molecule has 2 atom stereocenters. The minimum atomic E-state index is -1.41. The Bertz CT molecular complexity index is 1080. The Morgan fingerprint density at radius 1 is 0.909 bits per heavy atom. The molecule has 9 nitrogen and oxygen atoms in total. The highest BCUT2D eigenvalue weighted by Gasteiger charge is 2.37. The second kappa shape index (κ2) is 9.83. The summed E-state index contributed by atoms with van der Waals surface area (Å²) in [7, 11) is 0. The van der Waals surface area contributed by atoms with E-state index in [-0.39, 0.29) is 32.4 Å². The molecule has 0 bridgehead atoms. The number of benzene rings is 2. The molecule has 9 heteroatoms. The van der Waals surface area contributed by atoms with Gasteiger partial charge in [-0.1, -0.05) is 12.1 Å². The number of fused-ring (bicyclic) bond motifs is 2. The maximum atomic E-state index is 13.0. The first-order chi connectivity index (χ1) is 16.0. The van der Waals surface area contributed by atoms with Crippen molar-refractivity contribution < 1.29 is 43.1 Å². The summed E-state index contributed by atoms with van der Waals surface area (Å²) in [5, 5.41) is 11.2. The SMILES string of the molecule is CCOC(=O)/C(=C/c1ccc2c(c1)OCO2)C(C(=O)OCC)C(O)c1ccc2c(c1)OCO2. The van der Waals surface area contributed by atoms with E-state index in [0.717, 1.165) is 0 Å². The first-order valence-electron chi connectivity index (χ1n) is 10.5. The molecule has 2 aliphatic rings. The molecule has 1 N–H and O–H groups in total. The van der Waals surface area contributed by atoms with Crippen molar-refractivity contribution in [3.8, 4) is 23.0 Å². The first-order valence-corrected chi connectivity index (χ1v) is 10.5. The van der Waals surface area contributed by atoms with Crippen molar-refractivity contribution in [2.45, 2.75) is 20.0 Å². The van der Waals surface area contributed by atoms with Gasteiger partial charge in [0, 0.05) is 0 Å². The smallest absolute Gasteiger partial charge is 0.335 e. The van der Waals surface area contributed by atoms with E-state index in [2.05, 4.69) is 0 Å². The van der Waals surface area contributed by atoms with Crippen LogP contribution in [0.1, 0.15) is 31.1 Å². The van der Waals surface area contributed by atoms with Gasteiger partial charge >= 0.3 is 11.9 Å². The van der Waals surface area contributed by atoms with Gasteiger partial charge in [-0.05, 0) is 55.3 Å². The Hall–Kier alpha value is -3.72. The van der Waals surface area contributed by atoms with Crippen LogP contribution < -0.4 is 18.9 Å². The summed E-state index contributed by atoms with van der Waals surface area (Å²) in [4.78, 5) is 25.9. The fourth-order valence-electron chi connectivity index (χ4n) is 3.62. The number of carbonyl (C=O) groups is 2. The van der Waals surface area contributed by atoms with Gasteiger partial charge in [0.25, 0.3) is 0 Å². The van der Waals surface area contributed by atoms with Crippen LogP contribution in [0.25, 0.3) is 6.08 Å². The molecule has 0 fully saturated rings. The van der Waals surface area contributed by atoms with Crippen LogP contribution in [0.3, 0.4) is 0 Å². The lowest BCUT2D eigenvalue weighted by molar-refractivity contribution is -0.153. The van der Waals surface area contributed by atoms with E-state index in [9.17, 15) is 14.7 Å². The third-order valence-corrected chi connectivity index (χ3v) is 5.16. The highest BCUT2D eigenvalue weighted by Crippen LogP contribution is 2.39. The number of hydrogen-bond acceptors (Lipinski definition) is 9. The Labute approximate surface area is 190 Å². The summed E-state index contributed by atoms with van der Waals surface area (Å²) in [5.74, 6) is -0.805. The molecule has 0 saturated carbocycles. The summed E-state index contributed by atoms with van der Waals surface area (Å²) in [5.41, 5.74) is 0.868. The molecular weight excluding hydrogens is 432 g/mol. The summed E-state index contributed by atoms with van der Waals surface area (Å²) >= 11 is 0. The number of carbonyl (C=O) groups excluding carboxylic acids is 2. The van der Waals surface area contributed by atoms with Gasteiger partial charge in [-0.15, -0.1) is 0 Å². The normalized spacial score (nSPS) is 15.7. The third-order valence-electron chi connectivity index (χ3n) is 5.16. The summed E-state index contributed by atoms with van der Waals surface area (Å²) < 4.78 is 31.8. The molecule has 0 spiro atoms. The van der Waals surface area contributed by atoms with Crippen molar-refractivity contribution in [3.63, 3.8) is 0 Å². The van der Waals surface area contributed by atoms with E-state index in [4.69, 9.17) is 28.4 Å². The zero-order chi connectivity index (χ0) is 23.4. The number of esters is 2. The molecule has 0 radical (unpaired) electrons. The molecule has 2 aliphatic heterocycles. The Balaban J connectivity index is 1.76. The van der Waals surface area contributed by atoms with E-state index in [0.29, 0.717) is 34.1 Å². The molecule has 0 saturated heterocycles. The largest absolute Gasteiger partial charge is 0.465 e. The molecule has 0 amide bonds. The second-order valence-corrected chi connectivity index (χ2v) is 7.22. The van der Waals surface area contributed by atoms with Gasteiger partial charge in [0.05, 0.1) is 24.9 Å². The van der Waals surface area contributed by atoms with Crippen molar-refractivity contribution in [1.82, 2.24) is 0 Å². The lowest BCUT2D eigenvalue weighted by Gasteiger charge is -2.24. The molecule has 33 heavy (non-hydrogen) atoms. The van der Waals surface area contributed by atoms with E-state index in [1.54, 1.807) is 50.2 Å². The zero-order valence-corrected chi connectivity index (χ0v) is 18.2. The first kappa shape index (κ1) is 22.5. The van der Waals surface area contributed by atoms with Crippen molar-refractivity contribution >= 4 is 18.0 Å². The maximum absolute atomic E-state index is 13.0. The van der Waals surface area contributed by atoms with Crippen LogP contribution in [0.2, 0.25) is 0 Å². The van der Waals surface area contributed by atoms with Crippen LogP contribution in [0.5, 0.6) is 23.0 Å². The number of aliphatic hydroxyl groups excluding tert-OH is 1. The standard InChI is InChI=1S/C24H24O9/c1-3-28-23(26)16(9-14-5-7-17-19(10-14)32-12-30-17)21(24(27)29-4-2)22(25)15-6-8-18-20(11-15)33-13-31-18/h5-11,21-22,25H,3-4,12-13H2,1-2H3/b16-9+. The van der Waals surface area contributed by atoms with Gasteiger partial charge in [-0.3, -0.25) is 4.79 Å². The topological polar surface area (TPSA) is 110 Å². The monoisotopic (exact) mass is 456 g/mol. The van der Waals surface area contributed by atoms with E-state index in [1.165, 1.54) is 6.08 Å². The average Bonchev–Trinajstić information content (AvgIpc) is 3.47. The van der Waals surface area contributed by atoms with Crippen LogP contribution in [-0.4, -0.2) is 43.8 Å². The minimum absolute atomic E-state index is 0.0562. The fraction of sp³-hybridized carbons (Fsp3) is 0.333. The fourth-order valence-corrected chi connectivity index (χ4v) is 3.62. The summed E-state index contributed by atoms with van der Waals surface area (Å²) in [6.45, 7) is 3.63. The quantitative estimate of drug-likeness (QED) is 0.473. The van der Waals surface area contributed by atoms with Gasteiger partial charge in [0.2, 0.25) is 13.6 Å². The number of hydrogen-bond donors (Lipinski definition) is 1. The third kappa shape index (κ3) is 4.73. The Kier molecular flexibility index (Phi) is 6.69. The summed E-state index contributed by atoms with van der Waals surface area (Å²) in [6, 6.07) is 9.90. The van der Waals surface area contributed by atoms with Crippen molar-refractivity contribution in [2.75, 3.05) is 26.8 Å². The maximum Gasteiger partial charge on any atom is 0.335 e. The number of aliphatic hydroxyl groups is 1. The van der Waals surface area contributed by atoms with Crippen LogP contribution >= 0.6 is 0 Å². The predicted octanol–water partition coefficient (Wildman–Crippen LogP) is 3.00. The van der Waals surface area contributed by atoms with E-state index >= 15 is 0 Å². The zero-order valence-electron chi connectivity index (χ0n) is 18.2. The molecule has 2 aromatic carbocycles. The molecule has 2 unspecified atom stereocenters. The molecule has 2 heterocycles. The lowest BCUT2D eigenvalue weighted by atomic mass is 9.87. The van der Waals surface area contributed by atoms with Crippen LogP contribution in [-0.2, 0) is 19.1 Å². The predicted molar refractivity (Wildman–Crippen MR) is 115 cm³/mol. The van der Waals surface area contributed by atoms with Gasteiger partial charge in [-0.2, -0.15) is 0 Å². The molecule has 0 aliphatic carbocycles. The average molecular weight is 456 g/mol. The number of rotatable bonds is 8. The van der Waals surface area contributed by atoms with Crippen LogP contribution in [0.4, 0.5) is 0 Å². The molecule has 2 aromatic rings. The van der Waals surface area contributed by atoms with Crippen molar-refractivity contribution in [2.24, 2.45) is 5.92 Å². The highest BCUT2D eigenvalue weighted by atomic mass is 16.7. The Morgan fingerprint density at radius 3 is 2.18 bits per heavy atom. The molecule has 4 rings (SSSR count). The minimum Gasteiger partial charge on any atom is -0.465 e. The number of ether oxygens (including phenoxy) is 6. The summed E-state index contributed by atoms with van der Waals surface area (Å²) in [6.07, 6.45) is 0.0702. The van der Waals surface area contributed by atoms with E-state index in [1.807, 2.05) is 0 Å². The van der Waals surface area contributed by atoms with Crippen molar-refractivity contribution in [1.29, 1.82) is 0 Å².